The van der Waals surface area contributed by atoms with Crippen molar-refractivity contribution in [3.8, 4) is 0 Å². The molecule has 1 aromatic rings. The maximum atomic E-state index is 12.0. The van der Waals surface area contributed by atoms with Gasteiger partial charge in [-0.3, -0.25) is 14.3 Å². The van der Waals surface area contributed by atoms with Gasteiger partial charge in [0.15, 0.2) is 0 Å². The third kappa shape index (κ3) is 2.52. The van der Waals surface area contributed by atoms with Crippen molar-refractivity contribution < 1.29 is 20.1 Å². The number of nitrogens with zero attached hydrogens (tertiary/aromatic N) is 1. The van der Waals surface area contributed by atoms with Crippen LogP contribution in [0.3, 0.4) is 0 Å². The number of nitrogens with one attached hydrogen (secondary N) is 1. The highest BCUT2D eigenvalue weighted by atomic mass is 16.6. The fourth-order valence-electron chi connectivity index (χ4n) is 3.31. The number of hydrogen-bond donors (Lipinski definition) is 4. The van der Waals surface area contributed by atoms with Crippen molar-refractivity contribution in [2.24, 2.45) is 0 Å². The Morgan fingerprint density at radius 1 is 1.23 bits per heavy atom. The van der Waals surface area contributed by atoms with Gasteiger partial charge in [-0.05, 0) is 12.8 Å². The van der Waals surface area contributed by atoms with Gasteiger partial charge in [0.25, 0.3) is 5.56 Å². The molecule has 22 heavy (non-hydrogen) atoms. The summed E-state index contributed by atoms with van der Waals surface area (Å²) in [4.78, 5) is 26.3. The molecule has 1 aliphatic carbocycles. The molecule has 1 saturated heterocycles. The molecular weight excluding hydrogens is 292 g/mol. The maximum Gasteiger partial charge on any atom is 0.328 e. The van der Waals surface area contributed by atoms with E-state index >= 15 is 0 Å². The minimum absolute atomic E-state index is 0.0280. The minimum atomic E-state index is -1.33. The third-order valence-corrected chi connectivity index (χ3v) is 4.56. The first-order valence-electron chi connectivity index (χ1n) is 7.50. The molecule has 4 N–H and O–H groups in total. The van der Waals surface area contributed by atoms with E-state index in [2.05, 4.69) is 4.98 Å². The smallest absolute Gasteiger partial charge is 0.328 e. The predicted octanol–water partition coefficient (Wildman–Crippen LogP) is -1.19. The zero-order valence-corrected chi connectivity index (χ0v) is 12.0. The van der Waals surface area contributed by atoms with E-state index in [1.54, 1.807) is 0 Å². The molecule has 0 spiro atoms. The van der Waals surface area contributed by atoms with Gasteiger partial charge in [0.2, 0.25) is 0 Å². The molecule has 8 heteroatoms. The normalized spacial score (nSPS) is 32.7. The number of hydrogen-bond acceptors (Lipinski definition) is 6. The van der Waals surface area contributed by atoms with E-state index in [9.17, 15) is 19.8 Å². The van der Waals surface area contributed by atoms with Gasteiger partial charge in [-0.2, -0.15) is 0 Å². The molecule has 0 amide bonds. The van der Waals surface area contributed by atoms with Crippen molar-refractivity contribution in [1.82, 2.24) is 9.55 Å². The second kappa shape index (κ2) is 5.96. The Hall–Kier alpha value is -1.48. The van der Waals surface area contributed by atoms with Crippen LogP contribution in [0.5, 0.6) is 0 Å². The van der Waals surface area contributed by atoms with Crippen LogP contribution >= 0.6 is 0 Å². The van der Waals surface area contributed by atoms with Gasteiger partial charge < -0.3 is 20.1 Å². The molecule has 0 aromatic carbocycles. The number of aromatic nitrogens is 2. The van der Waals surface area contributed by atoms with Gasteiger partial charge in [0, 0.05) is 12.2 Å². The van der Waals surface area contributed by atoms with E-state index in [4.69, 9.17) is 9.84 Å². The summed E-state index contributed by atoms with van der Waals surface area (Å²) in [6.45, 7) is -0.463. The summed E-state index contributed by atoms with van der Waals surface area (Å²) in [5, 5.41) is 29.0. The van der Waals surface area contributed by atoms with Crippen molar-refractivity contribution in [2.45, 2.75) is 56.1 Å². The lowest BCUT2D eigenvalue weighted by Crippen LogP contribution is -2.37. The molecular formula is C14H20N2O6. The van der Waals surface area contributed by atoms with Crippen molar-refractivity contribution >= 4 is 0 Å². The summed E-state index contributed by atoms with van der Waals surface area (Å²) in [5.74, 6) is 0. The Morgan fingerprint density at radius 3 is 2.50 bits per heavy atom. The van der Waals surface area contributed by atoms with Gasteiger partial charge in [0.05, 0.1) is 12.2 Å². The molecule has 2 unspecified atom stereocenters. The van der Waals surface area contributed by atoms with Crippen LogP contribution in [0.25, 0.3) is 0 Å². The lowest BCUT2D eigenvalue weighted by molar-refractivity contribution is -0.0233. The Kier molecular flexibility index (Phi) is 4.18. The topological polar surface area (TPSA) is 125 Å². The molecule has 1 aromatic heterocycles. The Balaban J connectivity index is 1.98. The molecule has 2 aliphatic rings. The molecule has 0 bridgehead atoms. The lowest BCUT2D eigenvalue weighted by Gasteiger charge is -2.18. The molecule has 122 valence electrons. The largest absolute Gasteiger partial charge is 0.394 e. The van der Waals surface area contributed by atoms with Crippen LogP contribution in [-0.4, -0.2) is 49.8 Å². The van der Waals surface area contributed by atoms with E-state index in [-0.39, 0.29) is 11.6 Å². The summed E-state index contributed by atoms with van der Waals surface area (Å²) in [6.07, 6.45) is 0.573. The van der Waals surface area contributed by atoms with E-state index in [1.165, 1.54) is 10.8 Å². The monoisotopic (exact) mass is 312 g/mol. The standard InChI is InChI=1S/C14H20N2O6/c17-6-9-10(18)11(19)12(22-9)8-5-16(7-3-1-2-4-7)14(21)15-13(8)20/h5,7,9-12,17-19H,1-4,6H2,(H,15,20,21)/t9-,10?,11?,12+/m1/s1. The zero-order valence-electron chi connectivity index (χ0n) is 12.0. The van der Waals surface area contributed by atoms with E-state index in [0.717, 1.165) is 25.7 Å². The zero-order chi connectivity index (χ0) is 15.9. The molecule has 0 radical (unpaired) electrons. The first kappa shape index (κ1) is 15.4. The second-order valence-corrected chi connectivity index (χ2v) is 5.95. The van der Waals surface area contributed by atoms with Crippen LogP contribution in [0, 0.1) is 0 Å². The SMILES string of the molecule is O=c1[nH]c(=O)n(C2CCCC2)cc1[C@@H]1O[C@H](CO)C(O)C1O. The molecule has 4 atom stereocenters. The van der Waals surface area contributed by atoms with Gasteiger partial charge >= 0.3 is 5.69 Å². The average Bonchev–Trinajstić information content (AvgIpc) is 3.10. The Labute approximate surface area is 126 Å². The highest BCUT2D eigenvalue weighted by molar-refractivity contribution is 5.15. The van der Waals surface area contributed by atoms with E-state index in [0.29, 0.717) is 0 Å². The number of H-pyrrole nitrogens is 1. The van der Waals surface area contributed by atoms with E-state index < -0.39 is 42.3 Å². The first-order valence-corrected chi connectivity index (χ1v) is 7.50. The molecule has 1 saturated carbocycles. The number of rotatable bonds is 3. The molecule has 3 rings (SSSR count). The van der Waals surface area contributed by atoms with Crippen LogP contribution < -0.4 is 11.2 Å². The third-order valence-electron chi connectivity index (χ3n) is 4.56. The average molecular weight is 312 g/mol. The molecule has 8 nitrogen and oxygen atoms in total. The van der Waals surface area contributed by atoms with Crippen molar-refractivity contribution in [2.75, 3.05) is 6.61 Å². The van der Waals surface area contributed by atoms with Crippen LogP contribution in [0.4, 0.5) is 0 Å². The van der Waals surface area contributed by atoms with Crippen LogP contribution in [0.1, 0.15) is 43.4 Å². The quantitative estimate of drug-likeness (QED) is 0.556. The second-order valence-electron chi connectivity index (χ2n) is 5.95. The van der Waals surface area contributed by atoms with Gasteiger partial charge in [-0.25, -0.2) is 4.79 Å². The fraction of sp³-hybridized carbons (Fsp3) is 0.714. The van der Waals surface area contributed by atoms with Crippen molar-refractivity contribution in [3.63, 3.8) is 0 Å². The highest BCUT2D eigenvalue weighted by Crippen LogP contribution is 2.33. The number of ether oxygens (including phenoxy) is 1. The van der Waals surface area contributed by atoms with Crippen LogP contribution in [0.2, 0.25) is 0 Å². The number of aliphatic hydroxyl groups excluding tert-OH is 3. The number of aliphatic hydroxyl groups is 3. The summed E-state index contributed by atoms with van der Waals surface area (Å²) >= 11 is 0. The molecule has 2 fully saturated rings. The maximum absolute atomic E-state index is 12.0. The van der Waals surface area contributed by atoms with Gasteiger partial charge in [0.1, 0.15) is 24.4 Å². The Bertz CT molecular complexity index is 647. The van der Waals surface area contributed by atoms with Gasteiger partial charge in [-0.15, -0.1) is 0 Å². The van der Waals surface area contributed by atoms with E-state index in [1.807, 2.05) is 0 Å². The first-order chi connectivity index (χ1) is 10.5. The predicted molar refractivity (Wildman–Crippen MR) is 75.5 cm³/mol. The number of aromatic amines is 1. The summed E-state index contributed by atoms with van der Waals surface area (Å²) in [7, 11) is 0. The lowest BCUT2D eigenvalue weighted by atomic mass is 10.0. The highest BCUT2D eigenvalue weighted by Gasteiger charge is 2.44. The molecule has 1 aliphatic heterocycles. The van der Waals surface area contributed by atoms with Crippen molar-refractivity contribution in [3.05, 3.63) is 32.6 Å². The summed E-state index contributed by atoms with van der Waals surface area (Å²) < 4.78 is 6.84. The minimum Gasteiger partial charge on any atom is -0.394 e. The van der Waals surface area contributed by atoms with Crippen molar-refractivity contribution in [1.29, 1.82) is 0 Å². The Morgan fingerprint density at radius 2 is 1.91 bits per heavy atom. The molecule has 2 heterocycles. The van der Waals surface area contributed by atoms with Crippen LogP contribution in [-0.2, 0) is 4.74 Å². The summed E-state index contributed by atoms with van der Waals surface area (Å²) in [6, 6.07) is 0.0280. The summed E-state index contributed by atoms with van der Waals surface area (Å²) in [5.41, 5.74) is -1.03. The van der Waals surface area contributed by atoms with Gasteiger partial charge in [-0.1, -0.05) is 12.8 Å². The fourth-order valence-corrected chi connectivity index (χ4v) is 3.31. The van der Waals surface area contributed by atoms with Crippen LogP contribution in [0.15, 0.2) is 15.8 Å².